The minimum atomic E-state index is -0.120. The van der Waals surface area contributed by atoms with E-state index in [2.05, 4.69) is 22.8 Å². The van der Waals surface area contributed by atoms with Crippen LogP contribution in [0.15, 0.2) is 47.4 Å². The van der Waals surface area contributed by atoms with Gasteiger partial charge in [0.25, 0.3) is 0 Å². The molecule has 0 aromatic heterocycles. The second-order valence-corrected chi connectivity index (χ2v) is 7.83. The fourth-order valence-corrected chi connectivity index (χ4v) is 3.86. The predicted octanol–water partition coefficient (Wildman–Crippen LogP) is 4.25. The third kappa shape index (κ3) is 4.04. The van der Waals surface area contributed by atoms with Crippen LogP contribution in [-0.4, -0.2) is 17.1 Å². The lowest BCUT2D eigenvalue weighted by Gasteiger charge is -2.14. The second kappa shape index (κ2) is 7.31. The third-order valence-corrected chi connectivity index (χ3v) is 5.54. The minimum absolute atomic E-state index is 0.00311. The Bertz CT molecular complexity index is 792. The van der Waals surface area contributed by atoms with Crippen molar-refractivity contribution in [3.05, 3.63) is 53.6 Å². The molecule has 1 aliphatic rings. The fraction of sp³-hybridized carbons (Fsp3) is 0.300. The topological polar surface area (TPSA) is 58.2 Å². The molecule has 130 valence electrons. The molecular weight excluding hydrogens is 332 g/mol. The van der Waals surface area contributed by atoms with Crippen LogP contribution in [0.25, 0.3) is 0 Å². The first-order valence-electron chi connectivity index (χ1n) is 8.41. The van der Waals surface area contributed by atoms with E-state index in [1.165, 1.54) is 10.5 Å². The number of hydrogen-bond acceptors (Lipinski definition) is 3. The molecule has 2 amide bonds. The Balaban J connectivity index is 1.70. The average molecular weight is 354 g/mol. The van der Waals surface area contributed by atoms with E-state index < -0.39 is 0 Å². The molecule has 1 heterocycles. The maximum Gasteiger partial charge on any atom is 0.238 e. The van der Waals surface area contributed by atoms with Gasteiger partial charge in [0.2, 0.25) is 11.8 Å². The summed E-state index contributed by atoms with van der Waals surface area (Å²) in [5.41, 5.74) is 3.63. The van der Waals surface area contributed by atoms with Crippen molar-refractivity contribution in [3.63, 3.8) is 0 Å². The van der Waals surface area contributed by atoms with Crippen LogP contribution in [0.2, 0.25) is 0 Å². The van der Waals surface area contributed by atoms with Gasteiger partial charge >= 0.3 is 0 Å². The van der Waals surface area contributed by atoms with Gasteiger partial charge in [0, 0.05) is 22.2 Å². The molecule has 1 atom stereocenters. The summed E-state index contributed by atoms with van der Waals surface area (Å²) in [7, 11) is 0. The van der Waals surface area contributed by atoms with Gasteiger partial charge < -0.3 is 10.6 Å². The van der Waals surface area contributed by atoms with E-state index in [4.69, 9.17) is 0 Å². The standard InChI is InChI=1S/C20H22N2O2S/c1-12(2)19(23)21-15-9-8-13(3)16(11-15)22-20(24)18-10-14-6-4-5-7-17(14)25-18/h4-9,11-12,18H,10H2,1-3H3,(H,21,23)(H,22,24). The van der Waals surface area contributed by atoms with E-state index in [1.807, 2.05) is 51.1 Å². The first-order valence-corrected chi connectivity index (χ1v) is 9.29. The van der Waals surface area contributed by atoms with Gasteiger partial charge in [0.1, 0.15) is 0 Å². The van der Waals surface area contributed by atoms with Crippen LogP contribution in [0.4, 0.5) is 11.4 Å². The van der Waals surface area contributed by atoms with Crippen LogP contribution in [0.1, 0.15) is 25.0 Å². The Kier molecular flexibility index (Phi) is 5.13. The molecule has 0 aliphatic carbocycles. The van der Waals surface area contributed by atoms with Crippen LogP contribution in [0, 0.1) is 12.8 Å². The van der Waals surface area contributed by atoms with Crippen molar-refractivity contribution < 1.29 is 9.59 Å². The number of thioether (sulfide) groups is 1. The van der Waals surface area contributed by atoms with Crippen LogP contribution in [0.3, 0.4) is 0 Å². The maximum absolute atomic E-state index is 12.7. The average Bonchev–Trinajstić information content (AvgIpc) is 3.02. The highest BCUT2D eigenvalue weighted by molar-refractivity contribution is 8.01. The highest BCUT2D eigenvalue weighted by atomic mass is 32.2. The van der Waals surface area contributed by atoms with Gasteiger partial charge in [0.05, 0.1) is 5.25 Å². The summed E-state index contributed by atoms with van der Waals surface area (Å²) < 4.78 is 0. The van der Waals surface area contributed by atoms with E-state index >= 15 is 0 Å². The molecule has 2 N–H and O–H groups in total. The third-order valence-electron chi connectivity index (χ3n) is 4.23. The lowest BCUT2D eigenvalue weighted by atomic mass is 10.1. The number of fused-ring (bicyclic) bond motifs is 1. The quantitative estimate of drug-likeness (QED) is 0.863. The van der Waals surface area contributed by atoms with Gasteiger partial charge in [0.15, 0.2) is 0 Å². The SMILES string of the molecule is Cc1ccc(NC(=O)C(C)C)cc1NC(=O)C1Cc2ccccc2S1. The first-order chi connectivity index (χ1) is 11.9. The molecule has 25 heavy (non-hydrogen) atoms. The number of hydrogen-bond donors (Lipinski definition) is 2. The van der Waals surface area contributed by atoms with Gasteiger partial charge in [-0.25, -0.2) is 0 Å². The lowest BCUT2D eigenvalue weighted by Crippen LogP contribution is -2.25. The zero-order valence-corrected chi connectivity index (χ0v) is 15.4. The normalized spacial score (nSPS) is 15.8. The molecule has 1 unspecified atom stereocenters. The Labute approximate surface area is 152 Å². The van der Waals surface area contributed by atoms with Crippen molar-refractivity contribution in [1.82, 2.24) is 0 Å². The Morgan fingerprint density at radius 2 is 1.88 bits per heavy atom. The Morgan fingerprint density at radius 1 is 1.12 bits per heavy atom. The number of rotatable bonds is 4. The highest BCUT2D eigenvalue weighted by Gasteiger charge is 2.28. The summed E-state index contributed by atoms with van der Waals surface area (Å²) in [6.07, 6.45) is 0.746. The molecule has 2 aromatic carbocycles. The second-order valence-electron chi connectivity index (χ2n) is 6.58. The number of aryl methyl sites for hydroxylation is 1. The summed E-state index contributed by atoms with van der Waals surface area (Å²) in [5, 5.41) is 5.77. The smallest absolute Gasteiger partial charge is 0.238 e. The van der Waals surface area contributed by atoms with E-state index in [-0.39, 0.29) is 23.0 Å². The molecule has 0 spiro atoms. The van der Waals surface area contributed by atoms with E-state index in [1.54, 1.807) is 11.8 Å². The predicted molar refractivity (Wildman–Crippen MR) is 103 cm³/mol. The number of carbonyl (C=O) groups is 2. The summed E-state index contributed by atoms with van der Waals surface area (Å²) in [6.45, 7) is 5.64. The molecule has 2 aromatic rings. The first kappa shape index (κ1) is 17.5. The van der Waals surface area contributed by atoms with Crippen LogP contribution in [-0.2, 0) is 16.0 Å². The van der Waals surface area contributed by atoms with Crippen molar-refractivity contribution >= 4 is 35.0 Å². The fourth-order valence-electron chi connectivity index (χ4n) is 2.66. The molecular formula is C20H22N2O2S. The minimum Gasteiger partial charge on any atom is -0.326 e. The molecule has 0 radical (unpaired) electrons. The molecule has 0 bridgehead atoms. The van der Waals surface area contributed by atoms with Crippen molar-refractivity contribution in [1.29, 1.82) is 0 Å². The largest absolute Gasteiger partial charge is 0.326 e. The number of carbonyl (C=O) groups excluding carboxylic acids is 2. The van der Waals surface area contributed by atoms with Gasteiger partial charge in [-0.3, -0.25) is 9.59 Å². The van der Waals surface area contributed by atoms with Crippen LogP contribution in [0.5, 0.6) is 0 Å². The lowest BCUT2D eigenvalue weighted by molar-refractivity contribution is -0.119. The molecule has 0 fully saturated rings. The molecule has 0 saturated carbocycles. The zero-order chi connectivity index (χ0) is 18.0. The van der Waals surface area contributed by atoms with Crippen molar-refractivity contribution in [3.8, 4) is 0 Å². The highest BCUT2D eigenvalue weighted by Crippen LogP contribution is 2.37. The molecule has 4 nitrogen and oxygen atoms in total. The summed E-state index contributed by atoms with van der Waals surface area (Å²) in [5.74, 6) is -0.132. The zero-order valence-electron chi connectivity index (χ0n) is 14.6. The maximum atomic E-state index is 12.7. The van der Waals surface area contributed by atoms with Gasteiger partial charge in [-0.2, -0.15) is 0 Å². The Morgan fingerprint density at radius 3 is 2.60 bits per heavy atom. The van der Waals surface area contributed by atoms with Gasteiger partial charge in [-0.15, -0.1) is 11.8 Å². The number of amides is 2. The van der Waals surface area contributed by atoms with E-state index in [9.17, 15) is 9.59 Å². The van der Waals surface area contributed by atoms with Gasteiger partial charge in [-0.05, 0) is 42.7 Å². The number of anilines is 2. The van der Waals surface area contributed by atoms with E-state index in [0.29, 0.717) is 5.69 Å². The van der Waals surface area contributed by atoms with Crippen LogP contribution >= 0.6 is 11.8 Å². The van der Waals surface area contributed by atoms with Crippen molar-refractivity contribution in [2.24, 2.45) is 5.92 Å². The summed E-state index contributed by atoms with van der Waals surface area (Å²) in [6, 6.07) is 13.7. The Hall–Kier alpha value is -2.27. The molecule has 0 saturated heterocycles. The molecule has 3 rings (SSSR count). The summed E-state index contributed by atoms with van der Waals surface area (Å²) >= 11 is 1.61. The monoisotopic (exact) mass is 354 g/mol. The van der Waals surface area contributed by atoms with Crippen molar-refractivity contribution in [2.75, 3.05) is 10.6 Å². The molecule has 1 aliphatic heterocycles. The summed E-state index contributed by atoms with van der Waals surface area (Å²) in [4.78, 5) is 25.7. The number of benzene rings is 2. The van der Waals surface area contributed by atoms with E-state index in [0.717, 1.165) is 17.7 Å². The number of nitrogens with one attached hydrogen (secondary N) is 2. The van der Waals surface area contributed by atoms with Crippen LogP contribution < -0.4 is 10.6 Å². The molecule has 5 heteroatoms. The van der Waals surface area contributed by atoms with Gasteiger partial charge in [-0.1, -0.05) is 38.1 Å². The van der Waals surface area contributed by atoms with Crippen molar-refractivity contribution in [2.45, 2.75) is 37.3 Å².